The van der Waals surface area contributed by atoms with Crippen LogP contribution >= 0.6 is 22.9 Å². The van der Waals surface area contributed by atoms with Crippen molar-refractivity contribution in [2.75, 3.05) is 4.90 Å². The van der Waals surface area contributed by atoms with E-state index in [-0.39, 0.29) is 5.82 Å². The van der Waals surface area contributed by atoms with Crippen molar-refractivity contribution in [3.63, 3.8) is 0 Å². The molecule has 1 saturated carbocycles. The fraction of sp³-hybridized carbons (Fsp3) is 0.333. The average Bonchev–Trinajstić information content (AvgIpc) is 3.12. The van der Waals surface area contributed by atoms with Crippen LogP contribution in [0.25, 0.3) is 0 Å². The number of benzene rings is 1. The van der Waals surface area contributed by atoms with Gasteiger partial charge in [0.15, 0.2) is 0 Å². The molecule has 1 aliphatic rings. The molecule has 0 spiro atoms. The zero-order chi connectivity index (χ0) is 13.2. The Morgan fingerprint density at radius 1 is 1.32 bits per heavy atom. The van der Waals surface area contributed by atoms with E-state index in [1.54, 1.807) is 17.4 Å². The molecule has 1 aromatic heterocycles. The molecule has 0 bridgehead atoms. The van der Waals surface area contributed by atoms with E-state index in [0.29, 0.717) is 11.9 Å². The van der Waals surface area contributed by atoms with Crippen LogP contribution in [0.3, 0.4) is 0 Å². The highest BCUT2D eigenvalue weighted by Crippen LogP contribution is 2.34. The van der Waals surface area contributed by atoms with E-state index in [1.165, 1.54) is 23.8 Å². The molecule has 100 valence electrons. The quantitative estimate of drug-likeness (QED) is 0.717. The summed E-state index contributed by atoms with van der Waals surface area (Å²) in [6.07, 6.45) is 2.39. The van der Waals surface area contributed by atoms with Crippen LogP contribution in [0.5, 0.6) is 0 Å². The van der Waals surface area contributed by atoms with E-state index in [4.69, 9.17) is 11.6 Å². The number of rotatable bonds is 5. The highest BCUT2D eigenvalue weighted by molar-refractivity contribution is 7.09. The van der Waals surface area contributed by atoms with Crippen molar-refractivity contribution in [1.29, 1.82) is 0 Å². The first-order valence-electron chi connectivity index (χ1n) is 6.41. The lowest BCUT2D eigenvalue weighted by molar-refractivity contribution is 0.624. The van der Waals surface area contributed by atoms with E-state index in [2.05, 4.69) is 22.4 Å². The topological polar surface area (TPSA) is 3.24 Å². The normalized spacial score (nSPS) is 14.6. The maximum Gasteiger partial charge on any atom is 0.125 e. The molecule has 1 aliphatic carbocycles. The minimum Gasteiger partial charge on any atom is -0.363 e. The third-order valence-corrected chi connectivity index (χ3v) is 4.49. The van der Waals surface area contributed by atoms with Crippen molar-refractivity contribution in [3.05, 3.63) is 52.0 Å². The van der Waals surface area contributed by atoms with Gasteiger partial charge < -0.3 is 4.90 Å². The Balaban J connectivity index is 1.89. The largest absolute Gasteiger partial charge is 0.363 e. The number of alkyl halides is 1. The standard InChI is InChI=1S/C15H15ClFNS/c16-9-11-6-12(17)8-14(7-11)18(13-3-4-13)10-15-2-1-5-19-15/h1-2,5-8,13H,3-4,9-10H2. The van der Waals surface area contributed by atoms with Crippen molar-refractivity contribution >= 4 is 28.6 Å². The molecule has 3 rings (SSSR count). The van der Waals surface area contributed by atoms with Crippen LogP contribution in [0.4, 0.5) is 10.1 Å². The molecule has 0 atom stereocenters. The molecule has 1 nitrogen and oxygen atoms in total. The molecule has 0 radical (unpaired) electrons. The first-order valence-corrected chi connectivity index (χ1v) is 7.82. The van der Waals surface area contributed by atoms with Crippen LogP contribution in [0.2, 0.25) is 0 Å². The zero-order valence-corrected chi connectivity index (χ0v) is 12.1. The molecule has 1 aromatic carbocycles. The Morgan fingerprint density at radius 2 is 2.16 bits per heavy atom. The van der Waals surface area contributed by atoms with Gasteiger partial charge in [-0.15, -0.1) is 22.9 Å². The van der Waals surface area contributed by atoms with Crippen molar-refractivity contribution in [3.8, 4) is 0 Å². The second-order valence-corrected chi connectivity index (χ2v) is 6.19. The molecule has 0 saturated heterocycles. The summed E-state index contributed by atoms with van der Waals surface area (Å²) in [6, 6.07) is 9.85. The monoisotopic (exact) mass is 295 g/mol. The SMILES string of the molecule is Fc1cc(CCl)cc(N(Cc2cccs2)C2CC2)c1. The van der Waals surface area contributed by atoms with Gasteiger partial charge in [-0.1, -0.05) is 6.07 Å². The van der Waals surface area contributed by atoms with Gasteiger partial charge in [-0.3, -0.25) is 0 Å². The number of hydrogen-bond acceptors (Lipinski definition) is 2. The average molecular weight is 296 g/mol. The van der Waals surface area contributed by atoms with Gasteiger partial charge in [0.2, 0.25) is 0 Å². The predicted molar refractivity (Wildman–Crippen MR) is 79.5 cm³/mol. The summed E-state index contributed by atoms with van der Waals surface area (Å²) in [5.74, 6) is 0.146. The summed E-state index contributed by atoms with van der Waals surface area (Å²) in [6.45, 7) is 0.855. The maximum atomic E-state index is 13.7. The third kappa shape index (κ3) is 3.10. The maximum absolute atomic E-state index is 13.7. The van der Waals surface area contributed by atoms with Gasteiger partial charge in [-0.25, -0.2) is 4.39 Å². The molecule has 2 aromatic rings. The minimum absolute atomic E-state index is 0.204. The van der Waals surface area contributed by atoms with Gasteiger partial charge in [-0.2, -0.15) is 0 Å². The summed E-state index contributed by atoms with van der Waals surface area (Å²) in [5.41, 5.74) is 1.79. The van der Waals surface area contributed by atoms with Crippen molar-refractivity contribution < 1.29 is 4.39 Å². The Bertz CT molecular complexity index is 551. The van der Waals surface area contributed by atoms with Crippen molar-refractivity contribution in [2.24, 2.45) is 0 Å². The van der Waals surface area contributed by atoms with E-state index in [0.717, 1.165) is 17.8 Å². The van der Waals surface area contributed by atoms with E-state index in [1.807, 2.05) is 6.07 Å². The Labute approximate surface area is 121 Å². The van der Waals surface area contributed by atoms with Crippen LogP contribution in [-0.4, -0.2) is 6.04 Å². The number of halogens is 2. The minimum atomic E-state index is -0.204. The first kappa shape index (κ1) is 12.9. The zero-order valence-electron chi connectivity index (χ0n) is 10.5. The summed E-state index contributed by atoms with van der Waals surface area (Å²) >= 11 is 7.57. The first-order chi connectivity index (χ1) is 9.26. The van der Waals surface area contributed by atoms with Gasteiger partial charge in [0.1, 0.15) is 5.82 Å². The van der Waals surface area contributed by atoms with Gasteiger partial charge in [-0.05, 0) is 48.1 Å². The van der Waals surface area contributed by atoms with Crippen molar-refractivity contribution in [2.45, 2.75) is 31.3 Å². The molecule has 0 unspecified atom stereocenters. The van der Waals surface area contributed by atoms with Gasteiger partial charge in [0.25, 0.3) is 0 Å². The van der Waals surface area contributed by atoms with E-state index in [9.17, 15) is 4.39 Å². The number of nitrogens with zero attached hydrogens (tertiary/aromatic N) is 1. The van der Waals surface area contributed by atoms with Crippen LogP contribution in [0.1, 0.15) is 23.3 Å². The van der Waals surface area contributed by atoms with Crippen LogP contribution in [-0.2, 0) is 12.4 Å². The number of anilines is 1. The highest BCUT2D eigenvalue weighted by atomic mass is 35.5. The lowest BCUT2D eigenvalue weighted by Gasteiger charge is -2.24. The molecule has 1 heterocycles. The molecule has 0 amide bonds. The molecule has 4 heteroatoms. The van der Waals surface area contributed by atoms with Crippen LogP contribution in [0, 0.1) is 5.82 Å². The summed E-state index contributed by atoms with van der Waals surface area (Å²) in [4.78, 5) is 3.61. The van der Waals surface area contributed by atoms with E-state index >= 15 is 0 Å². The second-order valence-electron chi connectivity index (χ2n) is 4.89. The molecular weight excluding hydrogens is 281 g/mol. The van der Waals surface area contributed by atoms with Gasteiger partial charge >= 0.3 is 0 Å². The number of thiophene rings is 1. The summed E-state index contributed by atoms with van der Waals surface area (Å²) < 4.78 is 13.7. The van der Waals surface area contributed by atoms with Crippen molar-refractivity contribution in [1.82, 2.24) is 0 Å². The predicted octanol–water partition coefficient (Wildman–Crippen LogP) is 4.80. The Hall–Kier alpha value is -1.06. The van der Waals surface area contributed by atoms with E-state index < -0.39 is 0 Å². The smallest absolute Gasteiger partial charge is 0.125 e. The lowest BCUT2D eigenvalue weighted by Crippen LogP contribution is -2.24. The Morgan fingerprint density at radius 3 is 2.79 bits per heavy atom. The fourth-order valence-corrected chi connectivity index (χ4v) is 3.12. The lowest BCUT2D eigenvalue weighted by atomic mass is 10.2. The molecule has 19 heavy (non-hydrogen) atoms. The van der Waals surface area contributed by atoms with Gasteiger partial charge in [0, 0.05) is 22.5 Å². The highest BCUT2D eigenvalue weighted by Gasteiger charge is 2.29. The van der Waals surface area contributed by atoms with Crippen LogP contribution < -0.4 is 4.90 Å². The summed E-state index contributed by atoms with van der Waals surface area (Å²) in [5, 5.41) is 2.08. The Kier molecular flexibility index (Phi) is 3.76. The molecule has 0 aliphatic heterocycles. The molecule has 1 fully saturated rings. The number of hydrogen-bond donors (Lipinski definition) is 0. The summed E-state index contributed by atoms with van der Waals surface area (Å²) in [7, 11) is 0. The molecular formula is C15H15ClFNS. The molecule has 0 N–H and O–H groups in total. The fourth-order valence-electron chi connectivity index (χ4n) is 2.26. The van der Waals surface area contributed by atoms with Gasteiger partial charge in [0.05, 0.1) is 6.54 Å². The second kappa shape index (κ2) is 5.51. The third-order valence-electron chi connectivity index (χ3n) is 3.32. The van der Waals surface area contributed by atoms with Crippen LogP contribution in [0.15, 0.2) is 35.7 Å².